The van der Waals surface area contributed by atoms with Gasteiger partial charge in [-0.05, 0) is 43.7 Å². The summed E-state index contributed by atoms with van der Waals surface area (Å²) in [6, 6.07) is 8.70. The Balaban J connectivity index is 1.72. The average Bonchev–Trinajstić information content (AvgIpc) is 3.15. The molecule has 0 bridgehead atoms. The topological polar surface area (TPSA) is 51.9 Å². The largest absolute Gasteiger partial charge is 0.360 e. The molecule has 126 valence electrons. The van der Waals surface area contributed by atoms with Crippen molar-refractivity contribution in [3.8, 4) is 6.07 Å². The quantitative estimate of drug-likeness (QED) is 0.583. The van der Waals surface area contributed by atoms with E-state index in [1.54, 1.807) is 11.3 Å². The van der Waals surface area contributed by atoms with Gasteiger partial charge in [-0.3, -0.25) is 0 Å². The molecule has 0 radical (unpaired) electrons. The highest BCUT2D eigenvalue weighted by Gasteiger charge is 2.18. The number of fused-ring (bicyclic) bond motifs is 2. The molecule has 0 saturated carbocycles. The van der Waals surface area contributed by atoms with Gasteiger partial charge in [-0.1, -0.05) is 31.0 Å². The summed E-state index contributed by atoms with van der Waals surface area (Å²) in [6.45, 7) is 2.10. The van der Waals surface area contributed by atoms with Gasteiger partial charge in [0.25, 0.3) is 0 Å². The van der Waals surface area contributed by atoms with Crippen LogP contribution in [0.1, 0.15) is 52.8 Å². The summed E-state index contributed by atoms with van der Waals surface area (Å²) >= 11 is 1.71. The molecule has 4 rings (SSSR count). The Morgan fingerprint density at radius 3 is 2.88 bits per heavy atom. The van der Waals surface area contributed by atoms with E-state index in [1.165, 1.54) is 47.1 Å². The second kappa shape index (κ2) is 6.85. The van der Waals surface area contributed by atoms with E-state index in [-0.39, 0.29) is 0 Å². The molecule has 2 aromatic heterocycles. The van der Waals surface area contributed by atoms with Crippen LogP contribution in [0, 0.1) is 18.3 Å². The maximum Gasteiger partial charge on any atom is 0.134 e. The van der Waals surface area contributed by atoms with Crippen molar-refractivity contribution < 1.29 is 0 Å². The van der Waals surface area contributed by atoms with Gasteiger partial charge in [0.1, 0.15) is 11.1 Å². The minimum Gasteiger partial charge on any atom is -0.360 e. The highest BCUT2D eigenvalue weighted by molar-refractivity contribution is 7.16. The molecule has 1 aliphatic carbocycles. The maximum absolute atomic E-state index is 9.67. The third kappa shape index (κ3) is 3.01. The van der Waals surface area contributed by atoms with Gasteiger partial charge >= 0.3 is 0 Å². The standard InChI is InChI=1S/C21H21N3S/c1-14-7-6-9-16-15(12-23-20(14)16)13-24-21-18(11-22)17-8-4-2-3-5-10-19(17)25-21/h6-7,9,12-13,23H,2-5,8,10H2,1H3. The molecule has 0 atom stereocenters. The van der Waals surface area contributed by atoms with Crippen LogP contribution in [-0.4, -0.2) is 11.2 Å². The molecule has 1 aliphatic rings. The predicted octanol–water partition coefficient (Wildman–Crippen LogP) is 5.82. The molecule has 1 aromatic carbocycles. The number of rotatable bonds is 2. The van der Waals surface area contributed by atoms with E-state index in [9.17, 15) is 5.26 Å². The number of nitrogens with one attached hydrogen (secondary N) is 1. The van der Waals surface area contributed by atoms with Crippen molar-refractivity contribution in [1.82, 2.24) is 4.98 Å². The first kappa shape index (κ1) is 16.1. The Bertz CT molecular complexity index is 985. The molecule has 25 heavy (non-hydrogen) atoms. The molecule has 0 spiro atoms. The van der Waals surface area contributed by atoms with Gasteiger partial charge in [-0.15, -0.1) is 11.3 Å². The van der Waals surface area contributed by atoms with Crippen molar-refractivity contribution in [2.75, 3.05) is 0 Å². The Morgan fingerprint density at radius 2 is 2.04 bits per heavy atom. The molecule has 0 fully saturated rings. The lowest BCUT2D eigenvalue weighted by molar-refractivity contribution is 0.622. The fourth-order valence-electron chi connectivity index (χ4n) is 3.67. The lowest BCUT2D eigenvalue weighted by Crippen LogP contribution is -1.97. The number of aryl methyl sites for hydroxylation is 2. The van der Waals surface area contributed by atoms with Crippen LogP contribution in [0.2, 0.25) is 0 Å². The zero-order valence-electron chi connectivity index (χ0n) is 14.4. The fourth-order valence-corrected chi connectivity index (χ4v) is 4.86. The van der Waals surface area contributed by atoms with E-state index in [1.807, 2.05) is 12.4 Å². The SMILES string of the molecule is Cc1cccc2c(C=Nc3sc4c(c3C#N)CCCCCC4)c[nH]c12. The van der Waals surface area contributed by atoms with Crippen molar-refractivity contribution in [3.05, 3.63) is 51.5 Å². The zero-order valence-corrected chi connectivity index (χ0v) is 15.2. The Hall–Kier alpha value is -2.38. The maximum atomic E-state index is 9.67. The van der Waals surface area contributed by atoms with Crippen molar-refractivity contribution in [2.45, 2.75) is 45.4 Å². The van der Waals surface area contributed by atoms with E-state index < -0.39 is 0 Å². The third-order valence-corrected chi connectivity index (χ3v) is 6.24. The minimum absolute atomic E-state index is 0.800. The summed E-state index contributed by atoms with van der Waals surface area (Å²) < 4.78 is 0. The predicted molar refractivity (Wildman–Crippen MR) is 105 cm³/mol. The van der Waals surface area contributed by atoms with Gasteiger partial charge in [-0.2, -0.15) is 5.26 Å². The molecule has 0 saturated heterocycles. The van der Waals surface area contributed by atoms with E-state index in [0.29, 0.717) is 0 Å². The van der Waals surface area contributed by atoms with Crippen LogP contribution in [0.5, 0.6) is 0 Å². The first-order valence-electron chi connectivity index (χ1n) is 8.93. The number of aliphatic imine (C=N–C) groups is 1. The van der Waals surface area contributed by atoms with Crippen LogP contribution in [-0.2, 0) is 12.8 Å². The summed E-state index contributed by atoms with van der Waals surface area (Å²) in [7, 11) is 0. The van der Waals surface area contributed by atoms with Crippen molar-refractivity contribution >= 4 is 33.5 Å². The number of H-pyrrole nitrogens is 1. The van der Waals surface area contributed by atoms with E-state index >= 15 is 0 Å². The van der Waals surface area contributed by atoms with Crippen LogP contribution in [0.3, 0.4) is 0 Å². The van der Waals surface area contributed by atoms with Crippen LogP contribution >= 0.6 is 11.3 Å². The monoisotopic (exact) mass is 347 g/mol. The van der Waals surface area contributed by atoms with Crippen molar-refractivity contribution in [1.29, 1.82) is 5.26 Å². The first-order valence-corrected chi connectivity index (χ1v) is 9.75. The summed E-state index contributed by atoms with van der Waals surface area (Å²) in [6.07, 6.45) is 11.0. The molecular weight excluding hydrogens is 326 g/mol. The second-order valence-electron chi connectivity index (χ2n) is 6.71. The number of thiophene rings is 1. The number of benzene rings is 1. The number of hydrogen-bond acceptors (Lipinski definition) is 3. The number of aromatic nitrogens is 1. The molecule has 3 aromatic rings. The summed E-state index contributed by atoms with van der Waals surface area (Å²) in [5.41, 5.74) is 5.52. The Morgan fingerprint density at radius 1 is 1.20 bits per heavy atom. The summed E-state index contributed by atoms with van der Waals surface area (Å²) in [5, 5.41) is 11.7. The lowest BCUT2D eigenvalue weighted by Gasteiger charge is -2.08. The van der Waals surface area contributed by atoms with Gasteiger partial charge in [0.2, 0.25) is 0 Å². The highest BCUT2D eigenvalue weighted by atomic mass is 32.1. The molecule has 0 unspecified atom stereocenters. The van der Waals surface area contributed by atoms with E-state index in [0.717, 1.165) is 34.5 Å². The van der Waals surface area contributed by atoms with Crippen molar-refractivity contribution in [3.63, 3.8) is 0 Å². The summed E-state index contributed by atoms with van der Waals surface area (Å²) in [5.74, 6) is 0. The number of nitrogens with zero attached hydrogens (tertiary/aromatic N) is 2. The van der Waals surface area contributed by atoms with Crippen LogP contribution in [0.15, 0.2) is 29.4 Å². The third-order valence-electron chi connectivity index (χ3n) is 5.04. The van der Waals surface area contributed by atoms with Crippen molar-refractivity contribution in [2.24, 2.45) is 4.99 Å². The van der Waals surface area contributed by atoms with Crippen LogP contribution in [0.25, 0.3) is 10.9 Å². The van der Waals surface area contributed by atoms with Gasteiger partial charge in [0.05, 0.1) is 5.56 Å². The molecule has 3 nitrogen and oxygen atoms in total. The Labute approximate surface area is 152 Å². The zero-order chi connectivity index (χ0) is 17.2. The lowest BCUT2D eigenvalue weighted by atomic mass is 9.97. The van der Waals surface area contributed by atoms with E-state index in [4.69, 9.17) is 4.99 Å². The molecule has 0 aliphatic heterocycles. The van der Waals surface area contributed by atoms with Gasteiger partial charge in [0.15, 0.2) is 0 Å². The Kier molecular flexibility index (Phi) is 4.42. The van der Waals surface area contributed by atoms with Gasteiger partial charge < -0.3 is 4.98 Å². The van der Waals surface area contributed by atoms with Gasteiger partial charge in [-0.25, -0.2) is 4.99 Å². The van der Waals surface area contributed by atoms with E-state index in [2.05, 4.69) is 36.2 Å². The number of para-hydroxylation sites is 1. The second-order valence-corrected chi connectivity index (χ2v) is 7.79. The first-order chi connectivity index (χ1) is 12.3. The smallest absolute Gasteiger partial charge is 0.134 e. The van der Waals surface area contributed by atoms with Crippen LogP contribution in [0.4, 0.5) is 5.00 Å². The molecule has 0 amide bonds. The minimum atomic E-state index is 0.800. The molecule has 2 heterocycles. The number of nitriles is 1. The molecular formula is C21H21N3S. The number of aromatic amines is 1. The summed E-state index contributed by atoms with van der Waals surface area (Å²) in [4.78, 5) is 9.42. The molecule has 1 N–H and O–H groups in total. The molecule has 4 heteroatoms. The fraction of sp³-hybridized carbons (Fsp3) is 0.333. The highest BCUT2D eigenvalue weighted by Crippen LogP contribution is 2.38. The average molecular weight is 347 g/mol. The van der Waals surface area contributed by atoms with Gasteiger partial charge in [0, 0.05) is 33.8 Å². The normalized spacial score (nSPS) is 15.0. The van der Waals surface area contributed by atoms with Crippen LogP contribution < -0.4 is 0 Å². The number of hydrogen-bond donors (Lipinski definition) is 1.